The van der Waals surface area contributed by atoms with Crippen LogP contribution >= 0.6 is 0 Å². The molecule has 9 heteroatoms. The van der Waals surface area contributed by atoms with Crippen molar-refractivity contribution in [2.45, 2.75) is 85.5 Å². The number of aromatic nitrogens is 1. The van der Waals surface area contributed by atoms with E-state index in [-0.39, 0.29) is 23.6 Å². The Balaban J connectivity index is 1.83. The summed E-state index contributed by atoms with van der Waals surface area (Å²) in [5, 5.41) is 21.3. The van der Waals surface area contributed by atoms with E-state index in [1.54, 1.807) is 52.8 Å². The third-order valence-electron chi connectivity index (χ3n) is 7.99. The van der Waals surface area contributed by atoms with Crippen molar-refractivity contribution in [1.29, 1.82) is 0 Å². The largest absolute Gasteiger partial charge is 0.490 e. The molecule has 0 bridgehead atoms. The van der Waals surface area contributed by atoms with Gasteiger partial charge < -0.3 is 24.6 Å². The predicted octanol–water partition coefficient (Wildman–Crippen LogP) is 7.58. The summed E-state index contributed by atoms with van der Waals surface area (Å²) < 4.78 is 40.7. The first-order valence-corrected chi connectivity index (χ1v) is 15.1. The number of nitrogens with zero attached hydrogens (tertiary/aromatic N) is 2. The summed E-state index contributed by atoms with van der Waals surface area (Å²) in [4.78, 5) is 19.6. The standard InChI is InChI=1S/C35H44F2N2O5/c1-21-28(32(33(41)42)44-34(3,4)5)31(39-17-15-35(6,7)16-18-39)29(30(38-21)22(2)40)24-10-13-27(26(37)20-24)43-19-14-23-8-11-25(36)12-9-23/h8-13,20,22,32,40H,14-19H2,1-7H3,(H,41,42). The molecule has 0 spiro atoms. The number of hydrogen-bond donors (Lipinski definition) is 2. The zero-order valence-corrected chi connectivity index (χ0v) is 26.7. The van der Waals surface area contributed by atoms with Gasteiger partial charge in [0.25, 0.3) is 0 Å². The summed E-state index contributed by atoms with van der Waals surface area (Å²) in [6.07, 6.45) is -0.153. The molecule has 7 nitrogen and oxygen atoms in total. The van der Waals surface area contributed by atoms with Gasteiger partial charge in [0.05, 0.1) is 29.7 Å². The number of aryl methyl sites for hydroxylation is 1. The van der Waals surface area contributed by atoms with E-state index in [0.29, 0.717) is 53.3 Å². The summed E-state index contributed by atoms with van der Waals surface area (Å²) in [5.74, 6) is -2.04. The van der Waals surface area contributed by atoms with Gasteiger partial charge in [0.1, 0.15) is 5.82 Å². The lowest BCUT2D eigenvalue weighted by Crippen LogP contribution is -2.39. The Bertz CT molecular complexity index is 1470. The van der Waals surface area contributed by atoms with Crippen LogP contribution in [0.1, 0.15) is 89.1 Å². The molecule has 2 unspecified atom stereocenters. The highest BCUT2D eigenvalue weighted by atomic mass is 19.1. The van der Waals surface area contributed by atoms with Crippen molar-refractivity contribution in [3.05, 3.63) is 76.6 Å². The molecular weight excluding hydrogens is 566 g/mol. The van der Waals surface area contributed by atoms with Gasteiger partial charge >= 0.3 is 5.97 Å². The molecule has 1 aliphatic rings. The van der Waals surface area contributed by atoms with E-state index in [1.807, 2.05) is 0 Å². The topological polar surface area (TPSA) is 92.1 Å². The van der Waals surface area contributed by atoms with Crippen LogP contribution in [0.3, 0.4) is 0 Å². The second-order valence-corrected chi connectivity index (χ2v) is 13.4. The quantitative estimate of drug-likeness (QED) is 0.245. The monoisotopic (exact) mass is 610 g/mol. The zero-order chi connectivity index (χ0) is 32.4. The van der Waals surface area contributed by atoms with E-state index in [0.717, 1.165) is 18.4 Å². The van der Waals surface area contributed by atoms with Crippen molar-refractivity contribution < 1.29 is 33.3 Å². The molecule has 1 fully saturated rings. The van der Waals surface area contributed by atoms with Crippen LogP contribution in [0.25, 0.3) is 11.1 Å². The fourth-order valence-electron chi connectivity index (χ4n) is 5.58. The Morgan fingerprint density at radius 3 is 2.27 bits per heavy atom. The number of aliphatic carboxylic acids is 1. The summed E-state index contributed by atoms with van der Waals surface area (Å²) in [7, 11) is 0. The fourth-order valence-corrected chi connectivity index (χ4v) is 5.58. The van der Waals surface area contributed by atoms with E-state index < -0.39 is 29.6 Å². The fraction of sp³-hybridized carbons (Fsp3) is 0.486. The number of hydrogen-bond acceptors (Lipinski definition) is 6. The molecule has 1 aromatic heterocycles. The van der Waals surface area contributed by atoms with Gasteiger partial charge in [0, 0.05) is 36.3 Å². The van der Waals surface area contributed by atoms with E-state index in [2.05, 4.69) is 18.7 Å². The second-order valence-electron chi connectivity index (χ2n) is 13.4. The van der Waals surface area contributed by atoms with Crippen LogP contribution in [-0.2, 0) is 16.0 Å². The molecule has 2 N–H and O–H groups in total. The maximum atomic E-state index is 15.6. The van der Waals surface area contributed by atoms with E-state index in [1.165, 1.54) is 24.3 Å². The molecule has 0 amide bonds. The number of carboxylic acid groups (broad SMARTS) is 1. The van der Waals surface area contributed by atoms with Gasteiger partial charge in [-0.15, -0.1) is 0 Å². The summed E-state index contributed by atoms with van der Waals surface area (Å²) >= 11 is 0. The van der Waals surface area contributed by atoms with Crippen molar-refractivity contribution in [2.24, 2.45) is 5.41 Å². The molecular formula is C35H44F2N2O5. The average Bonchev–Trinajstić information content (AvgIpc) is 2.93. The highest BCUT2D eigenvalue weighted by Crippen LogP contribution is 2.46. The summed E-state index contributed by atoms with van der Waals surface area (Å²) in [6, 6.07) is 10.6. The third kappa shape index (κ3) is 7.93. The Labute approximate surface area is 258 Å². The molecule has 1 saturated heterocycles. The summed E-state index contributed by atoms with van der Waals surface area (Å²) in [5.41, 5.74) is 2.86. The highest BCUT2D eigenvalue weighted by Gasteiger charge is 2.37. The first-order valence-electron chi connectivity index (χ1n) is 15.1. The molecule has 0 radical (unpaired) electrons. The lowest BCUT2D eigenvalue weighted by atomic mass is 9.81. The molecule has 2 aromatic carbocycles. The van der Waals surface area contributed by atoms with E-state index >= 15 is 4.39 Å². The number of anilines is 1. The van der Waals surface area contributed by atoms with Crippen LogP contribution < -0.4 is 9.64 Å². The molecule has 44 heavy (non-hydrogen) atoms. The molecule has 3 aromatic rings. The van der Waals surface area contributed by atoms with Crippen molar-refractivity contribution in [1.82, 2.24) is 4.98 Å². The number of pyridine rings is 1. The zero-order valence-electron chi connectivity index (χ0n) is 26.7. The van der Waals surface area contributed by atoms with Gasteiger partial charge in [0.15, 0.2) is 17.7 Å². The second kappa shape index (κ2) is 13.2. The number of piperidine rings is 1. The van der Waals surface area contributed by atoms with Gasteiger partial charge in [-0.05, 0) is 88.3 Å². The van der Waals surface area contributed by atoms with Crippen LogP contribution in [-0.4, -0.2) is 46.5 Å². The Kier molecular flexibility index (Phi) is 10.0. The number of halogens is 2. The number of benzene rings is 2. The number of carboxylic acids is 1. The van der Waals surface area contributed by atoms with Crippen LogP contribution in [0.15, 0.2) is 42.5 Å². The first kappa shape index (κ1) is 33.3. The van der Waals surface area contributed by atoms with Crippen molar-refractivity contribution in [2.75, 3.05) is 24.6 Å². The molecule has 0 saturated carbocycles. The smallest absolute Gasteiger partial charge is 0.337 e. The minimum Gasteiger partial charge on any atom is -0.490 e. The van der Waals surface area contributed by atoms with Crippen molar-refractivity contribution >= 4 is 11.7 Å². The Morgan fingerprint density at radius 1 is 1.09 bits per heavy atom. The van der Waals surface area contributed by atoms with Gasteiger partial charge in [-0.1, -0.05) is 32.0 Å². The van der Waals surface area contributed by atoms with Crippen molar-refractivity contribution in [3.63, 3.8) is 0 Å². The number of carbonyl (C=O) groups is 1. The van der Waals surface area contributed by atoms with Crippen LogP contribution in [0.5, 0.6) is 5.75 Å². The summed E-state index contributed by atoms with van der Waals surface area (Å²) in [6.45, 7) is 14.6. The molecule has 4 rings (SSSR count). The molecule has 1 aliphatic heterocycles. The average molecular weight is 611 g/mol. The maximum Gasteiger partial charge on any atom is 0.337 e. The van der Waals surface area contributed by atoms with Crippen LogP contribution in [0, 0.1) is 24.0 Å². The van der Waals surface area contributed by atoms with Gasteiger partial charge in [-0.3, -0.25) is 4.98 Å². The van der Waals surface area contributed by atoms with Gasteiger partial charge in [0.2, 0.25) is 0 Å². The minimum absolute atomic E-state index is 0.0514. The third-order valence-corrected chi connectivity index (χ3v) is 7.99. The Morgan fingerprint density at radius 2 is 1.73 bits per heavy atom. The van der Waals surface area contributed by atoms with Gasteiger partial charge in [-0.25, -0.2) is 13.6 Å². The molecule has 0 aliphatic carbocycles. The number of rotatable bonds is 10. The lowest BCUT2D eigenvalue weighted by Gasteiger charge is -2.41. The highest BCUT2D eigenvalue weighted by molar-refractivity contribution is 5.88. The normalized spacial score (nSPS) is 16.5. The number of aliphatic hydroxyl groups excluding tert-OH is 1. The van der Waals surface area contributed by atoms with E-state index in [9.17, 15) is 19.4 Å². The van der Waals surface area contributed by atoms with Gasteiger partial charge in [-0.2, -0.15) is 0 Å². The molecule has 238 valence electrons. The Hall–Kier alpha value is -3.56. The SMILES string of the molecule is Cc1nc(C(C)O)c(-c2ccc(OCCc3ccc(F)cc3)c(F)c2)c(N2CCC(C)(C)CC2)c1C(OC(C)(C)C)C(=O)O. The molecule has 2 heterocycles. The van der Waals surface area contributed by atoms with Crippen LogP contribution in [0.2, 0.25) is 0 Å². The number of aliphatic hydroxyl groups is 1. The lowest BCUT2D eigenvalue weighted by molar-refractivity contribution is -0.160. The minimum atomic E-state index is -1.34. The number of ether oxygens (including phenoxy) is 2. The van der Waals surface area contributed by atoms with E-state index in [4.69, 9.17) is 14.5 Å². The predicted molar refractivity (Wildman–Crippen MR) is 167 cm³/mol. The maximum absolute atomic E-state index is 15.6. The first-order chi connectivity index (χ1) is 20.6. The molecule has 2 atom stereocenters. The van der Waals surface area contributed by atoms with Crippen molar-refractivity contribution in [3.8, 4) is 16.9 Å². The van der Waals surface area contributed by atoms with Crippen LogP contribution in [0.4, 0.5) is 14.5 Å².